The Kier molecular flexibility index (Phi) is 2.14. The minimum atomic E-state index is -1.10. The van der Waals surface area contributed by atoms with E-state index < -0.39 is 17.4 Å². The fourth-order valence-electron chi connectivity index (χ4n) is 1.52. The Morgan fingerprint density at radius 3 is 2.67 bits per heavy atom. The SMILES string of the molecule is O=C(NC1(C(=O)O)CCC1)c1cn[nH]n1. The van der Waals surface area contributed by atoms with E-state index in [9.17, 15) is 9.59 Å². The van der Waals surface area contributed by atoms with Crippen LogP contribution in [0.1, 0.15) is 29.8 Å². The third-order valence-corrected chi connectivity index (χ3v) is 2.62. The summed E-state index contributed by atoms with van der Waals surface area (Å²) in [5.41, 5.74) is -1.00. The number of aliphatic carboxylic acids is 1. The van der Waals surface area contributed by atoms with Crippen molar-refractivity contribution in [3.8, 4) is 0 Å². The van der Waals surface area contributed by atoms with Gasteiger partial charge in [-0.2, -0.15) is 15.4 Å². The van der Waals surface area contributed by atoms with Gasteiger partial charge < -0.3 is 10.4 Å². The van der Waals surface area contributed by atoms with Crippen LogP contribution in [0.2, 0.25) is 0 Å². The number of nitrogens with one attached hydrogen (secondary N) is 2. The molecule has 1 aromatic heterocycles. The van der Waals surface area contributed by atoms with Crippen LogP contribution in [0.25, 0.3) is 0 Å². The first-order chi connectivity index (χ1) is 7.14. The molecule has 1 aliphatic rings. The van der Waals surface area contributed by atoms with Gasteiger partial charge in [-0.1, -0.05) is 0 Å². The summed E-state index contributed by atoms with van der Waals surface area (Å²) in [5, 5.41) is 20.8. The lowest BCUT2D eigenvalue weighted by Crippen LogP contribution is -2.59. The Hall–Kier alpha value is -1.92. The second-order valence-corrected chi connectivity index (χ2v) is 3.55. The number of aromatic nitrogens is 3. The molecule has 1 aliphatic carbocycles. The Labute approximate surface area is 84.9 Å². The Morgan fingerprint density at radius 2 is 2.27 bits per heavy atom. The van der Waals surface area contributed by atoms with Crippen molar-refractivity contribution in [1.29, 1.82) is 0 Å². The van der Waals surface area contributed by atoms with Gasteiger partial charge in [0.25, 0.3) is 5.91 Å². The van der Waals surface area contributed by atoms with Crippen LogP contribution < -0.4 is 5.32 Å². The average Bonchev–Trinajstić information content (AvgIpc) is 2.62. The maximum absolute atomic E-state index is 11.5. The molecule has 80 valence electrons. The number of carboxylic acids is 1. The predicted molar refractivity (Wildman–Crippen MR) is 48.1 cm³/mol. The first-order valence-corrected chi connectivity index (χ1v) is 4.56. The first-order valence-electron chi connectivity index (χ1n) is 4.56. The standard InChI is InChI=1S/C8H10N4O3/c13-6(5-4-9-12-11-5)10-8(7(14)15)2-1-3-8/h4H,1-3H2,(H,10,13)(H,14,15)(H,9,11,12). The number of nitrogens with zero attached hydrogens (tertiary/aromatic N) is 2. The predicted octanol–water partition coefficient (Wildman–Crippen LogP) is -0.458. The molecule has 0 aliphatic heterocycles. The molecule has 15 heavy (non-hydrogen) atoms. The van der Waals surface area contributed by atoms with E-state index in [2.05, 4.69) is 20.7 Å². The molecule has 1 amide bonds. The lowest BCUT2D eigenvalue weighted by atomic mass is 9.76. The number of hydrogen-bond donors (Lipinski definition) is 3. The molecule has 1 fully saturated rings. The van der Waals surface area contributed by atoms with E-state index in [0.717, 1.165) is 6.42 Å². The highest BCUT2D eigenvalue weighted by Gasteiger charge is 2.46. The van der Waals surface area contributed by atoms with Crippen LogP contribution >= 0.6 is 0 Å². The summed E-state index contributed by atoms with van der Waals surface area (Å²) in [5.74, 6) is -1.50. The number of aromatic amines is 1. The van der Waals surface area contributed by atoms with Crippen molar-refractivity contribution >= 4 is 11.9 Å². The number of carboxylic acid groups (broad SMARTS) is 1. The minimum Gasteiger partial charge on any atom is -0.480 e. The van der Waals surface area contributed by atoms with Crippen LogP contribution in [0.4, 0.5) is 0 Å². The molecule has 0 saturated heterocycles. The van der Waals surface area contributed by atoms with Crippen molar-refractivity contribution in [2.24, 2.45) is 0 Å². The lowest BCUT2D eigenvalue weighted by Gasteiger charge is -2.37. The van der Waals surface area contributed by atoms with Crippen molar-refractivity contribution in [2.75, 3.05) is 0 Å². The van der Waals surface area contributed by atoms with E-state index >= 15 is 0 Å². The van der Waals surface area contributed by atoms with E-state index in [1.807, 2.05) is 0 Å². The zero-order valence-electron chi connectivity index (χ0n) is 7.86. The molecule has 7 nitrogen and oxygen atoms in total. The van der Waals surface area contributed by atoms with Gasteiger partial charge in [0.15, 0.2) is 5.69 Å². The van der Waals surface area contributed by atoms with Gasteiger partial charge in [-0.3, -0.25) is 4.79 Å². The summed E-state index contributed by atoms with van der Waals surface area (Å²) < 4.78 is 0. The average molecular weight is 210 g/mol. The normalized spacial score (nSPS) is 17.9. The summed E-state index contributed by atoms with van der Waals surface area (Å²) in [6, 6.07) is 0. The second-order valence-electron chi connectivity index (χ2n) is 3.55. The molecule has 3 N–H and O–H groups in total. The molecule has 0 unspecified atom stereocenters. The van der Waals surface area contributed by atoms with Crippen molar-refractivity contribution in [3.63, 3.8) is 0 Å². The van der Waals surface area contributed by atoms with Gasteiger partial charge in [0, 0.05) is 0 Å². The molecule has 0 radical (unpaired) electrons. The third-order valence-electron chi connectivity index (χ3n) is 2.62. The van der Waals surface area contributed by atoms with E-state index in [-0.39, 0.29) is 5.69 Å². The number of H-pyrrole nitrogens is 1. The third kappa shape index (κ3) is 1.56. The highest BCUT2D eigenvalue weighted by molar-refractivity contribution is 5.96. The van der Waals surface area contributed by atoms with Crippen LogP contribution in [0.3, 0.4) is 0 Å². The molecule has 0 atom stereocenters. The van der Waals surface area contributed by atoms with E-state index in [1.54, 1.807) is 0 Å². The summed E-state index contributed by atoms with van der Waals surface area (Å²) in [7, 11) is 0. The fraction of sp³-hybridized carbons (Fsp3) is 0.500. The molecule has 0 aromatic carbocycles. The summed E-state index contributed by atoms with van der Waals surface area (Å²) in [6.45, 7) is 0. The molecule has 2 rings (SSSR count). The van der Waals surface area contributed by atoms with E-state index in [4.69, 9.17) is 5.11 Å². The van der Waals surface area contributed by atoms with Gasteiger partial charge >= 0.3 is 5.97 Å². The largest absolute Gasteiger partial charge is 0.480 e. The number of amides is 1. The first kappa shape index (κ1) is 9.63. The summed E-state index contributed by atoms with van der Waals surface area (Å²) in [4.78, 5) is 22.5. The number of rotatable bonds is 3. The van der Waals surface area contributed by atoms with Gasteiger partial charge in [-0.05, 0) is 19.3 Å². The maximum atomic E-state index is 11.5. The fourth-order valence-corrected chi connectivity index (χ4v) is 1.52. The minimum absolute atomic E-state index is 0.0996. The molecular formula is C8H10N4O3. The quantitative estimate of drug-likeness (QED) is 0.625. The highest BCUT2D eigenvalue weighted by Crippen LogP contribution is 2.32. The molecule has 1 aromatic rings. The monoisotopic (exact) mass is 210 g/mol. The van der Waals surface area contributed by atoms with Gasteiger partial charge in [0.05, 0.1) is 6.20 Å². The molecule has 0 bridgehead atoms. The smallest absolute Gasteiger partial charge is 0.329 e. The number of hydrogen-bond acceptors (Lipinski definition) is 4. The zero-order chi connectivity index (χ0) is 10.9. The van der Waals surface area contributed by atoms with Crippen molar-refractivity contribution < 1.29 is 14.7 Å². The zero-order valence-corrected chi connectivity index (χ0v) is 7.86. The van der Waals surface area contributed by atoms with Crippen molar-refractivity contribution in [3.05, 3.63) is 11.9 Å². The Morgan fingerprint density at radius 1 is 1.53 bits per heavy atom. The van der Waals surface area contributed by atoms with E-state index in [0.29, 0.717) is 12.8 Å². The second kappa shape index (κ2) is 3.34. The summed E-state index contributed by atoms with van der Waals surface area (Å²) >= 11 is 0. The molecular weight excluding hydrogens is 200 g/mol. The lowest BCUT2D eigenvalue weighted by molar-refractivity contribution is -0.148. The van der Waals surface area contributed by atoms with Gasteiger partial charge in [0.1, 0.15) is 5.54 Å². The Balaban J connectivity index is 2.08. The van der Waals surface area contributed by atoms with Gasteiger partial charge in [-0.15, -0.1) is 0 Å². The van der Waals surface area contributed by atoms with Crippen molar-refractivity contribution in [1.82, 2.24) is 20.7 Å². The van der Waals surface area contributed by atoms with Crippen molar-refractivity contribution in [2.45, 2.75) is 24.8 Å². The number of carbonyl (C=O) groups excluding carboxylic acids is 1. The van der Waals surface area contributed by atoms with Gasteiger partial charge in [0.2, 0.25) is 0 Å². The molecule has 1 heterocycles. The van der Waals surface area contributed by atoms with Crippen LogP contribution in [-0.4, -0.2) is 37.9 Å². The highest BCUT2D eigenvalue weighted by atomic mass is 16.4. The summed E-state index contributed by atoms with van der Waals surface area (Å²) in [6.07, 6.45) is 2.99. The molecule has 0 spiro atoms. The molecule has 1 saturated carbocycles. The molecule has 7 heteroatoms. The topological polar surface area (TPSA) is 108 Å². The maximum Gasteiger partial charge on any atom is 0.329 e. The van der Waals surface area contributed by atoms with Crippen LogP contribution in [0.5, 0.6) is 0 Å². The van der Waals surface area contributed by atoms with Crippen LogP contribution in [0, 0.1) is 0 Å². The number of carbonyl (C=O) groups is 2. The van der Waals surface area contributed by atoms with E-state index in [1.165, 1.54) is 6.20 Å². The van der Waals surface area contributed by atoms with Crippen LogP contribution in [-0.2, 0) is 4.79 Å². The Bertz CT molecular complexity index is 383. The van der Waals surface area contributed by atoms with Gasteiger partial charge in [-0.25, -0.2) is 4.79 Å². The van der Waals surface area contributed by atoms with Crippen LogP contribution in [0.15, 0.2) is 6.20 Å².